The summed E-state index contributed by atoms with van der Waals surface area (Å²) in [6.45, 7) is 10.5. The van der Waals surface area contributed by atoms with Gasteiger partial charge in [0.25, 0.3) is 0 Å². The van der Waals surface area contributed by atoms with Crippen LogP contribution in [-0.2, 0) is 9.47 Å². The van der Waals surface area contributed by atoms with Gasteiger partial charge in [0.15, 0.2) is 5.96 Å². The predicted molar refractivity (Wildman–Crippen MR) is 87.9 cm³/mol. The van der Waals surface area contributed by atoms with Gasteiger partial charge in [-0.25, -0.2) is 0 Å². The van der Waals surface area contributed by atoms with E-state index in [1.807, 2.05) is 0 Å². The molecule has 0 amide bonds. The first kappa shape index (κ1) is 18.2. The minimum atomic E-state index is 0.612. The molecule has 0 bridgehead atoms. The molecule has 1 aliphatic rings. The summed E-state index contributed by atoms with van der Waals surface area (Å²) in [5.74, 6) is 1.69. The van der Waals surface area contributed by atoms with Crippen molar-refractivity contribution in [3.63, 3.8) is 0 Å². The maximum absolute atomic E-state index is 5.65. The summed E-state index contributed by atoms with van der Waals surface area (Å²) >= 11 is 0. The van der Waals surface area contributed by atoms with E-state index in [-0.39, 0.29) is 0 Å². The van der Waals surface area contributed by atoms with Crippen molar-refractivity contribution in [1.29, 1.82) is 0 Å². The fourth-order valence-electron chi connectivity index (χ4n) is 2.53. The maximum atomic E-state index is 5.65. The molecule has 0 aromatic rings. The fourth-order valence-corrected chi connectivity index (χ4v) is 2.53. The number of hydrogen-bond donors (Lipinski definition) is 1. The SMILES string of the molecule is CCCCCN=C(NCC)N1CCC(COCCOC)C1. The Morgan fingerprint density at radius 1 is 1.29 bits per heavy atom. The Morgan fingerprint density at radius 3 is 2.86 bits per heavy atom. The Hall–Kier alpha value is -0.810. The number of likely N-dealkylation sites (tertiary alicyclic amines) is 1. The third-order valence-electron chi connectivity index (χ3n) is 3.73. The zero-order valence-electron chi connectivity index (χ0n) is 14.1. The normalized spacial score (nSPS) is 19.3. The molecule has 5 heteroatoms. The van der Waals surface area contributed by atoms with Crippen molar-refractivity contribution in [2.24, 2.45) is 10.9 Å². The van der Waals surface area contributed by atoms with Crippen molar-refractivity contribution in [3.8, 4) is 0 Å². The molecule has 0 spiro atoms. The Labute approximate surface area is 130 Å². The number of ether oxygens (including phenoxy) is 2. The van der Waals surface area contributed by atoms with Crippen LogP contribution >= 0.6 is 0 Å². The maximum Gasteiger partial charge on any atom is 0.193 e. The summed E-state index contributed by atoms with van der Waals surface area (Å²) in [5, 5.41) is 3.41. The molecule has 0 aliphatic carbocycles. The van der Waals surface area contributed by atoms with Crippen LogP contribution in [0.3, 0.4) is 0 Å². The molecular formula is C16H33N3O2. The molecule has 124 valence electrons. The van der Waals surface area contributed by atoms with Gasteiger partial charge in [0.2, 0.25) is 0 Å². The molecule has 1 N–H and O–H groups in total. The largest absolute Gasteiger partial charge is 0.382 e. The molecule has 1 saturated heterocycles. The van der Waals surface area contributed by atoms with Crippen LogP contribution in [0.5, 0.6) is 0 Å². The number of nitrogens with one attached hydrogen (secondary N) is 1. The van der Waals surface area contributed by atoms with Gasteiger partial charge in [0.05, 0.1) is 19.8 Å². The summed E-state index contributed by atoms with van der Waals surface area (Å²) < 4.78 is 10.6. The number of guanidine groups is 1. The molecule has 1 heterocycles. The summed E-state index contributed by atoms with van der Waals surface area (Å²) in [7, 11) is 1.71. The van der Waals surface area contributed by atoms with Gasteiger partial charge in [-0.1, -0.05) is 19.8 Å². The van der Waals surface area contributed by atoms with E-state index in [0.717, 1.165) is 38.7 Å². The molecule has 1 fully saturated rings. The molecule has 1 unspecified atom stereocenters. The van der Waals surface area contributed by atoms with Crippen molar-refractivity contribution >= 4 is 5.96 Å². The highest BCUT2D eigenvalue weighted by Crippen LogP contribution is 2.16. The Kier molecular flexibility index (Phi) is 10.3. The third-order valence-corrected chi connectivity index (χ3v) is 3.73. The second kappa shape index (κ2) is 11.8. The van der Waals surface area contributed by atoms with Gasteiger partial charge < -0.3 is 19.7 Å². The van der Waals surface area contributed by atoms with Gasteiger partial charge >= 0.3 is 0 Å². The molecule has 5 nitrogen and oxygen atoms in total. The van der Waals surface area contributed by atoms with Crippen LogP contribution in [-0.4, -0.2) is 64.0 Å². The minimum absolute atomic E-state index is 0.612. The second-order valence-corrected chi connectivity index (χ2v) is 5.61. The predicted octanol–water partition coefficient (Wildman–Crippen LogP) is 2.13. The number of methoxy groups -OCH3 is 1. The third kappa shape index (κ3) is 7.67. The lowest BCUT2D eigenvalue weighted by Crippen LogP contribution is -2.40. The first-order valence-electron chi connectivity index (χ1n) is 8.41. The van der Waals surface area contributed by atoms with Gasteiger partial charge in [0.1, 0.15) is 0 Å². The smallest absolute Gasteiger partial charge is 0.193 e. The number of aliphatic imine (C=N–C) groups is 1. The average molecular weight is 299 g/mol. The Balaban J connectivity index is 2.31. The molecule has 0 aromatic carbocycles. The Morgan fingerprint density at radius 2 is 2.14 bits per heavy atom. The van der Waals surface area contributed by atoms with Gasteiger partial charge in [-0.15, -0.1) is 0 Å². The molecule has 1 aliphatic heterocycles. The van der Waals surface area contributed by atoms with E-state index in [1.165, 1.54) is 25.7 Å². The van der Waals surface area contributed by atoms with E-state index in [9.17, 15) is 0 Å². The van der Waals surface area contributed by atoms with Crippen molar-refractivity contribution in [3.05, 3.63) is 0 Å². The van der Waals surface area contributed by atoms with Crippen LogP contribution in [0, 0.1) is 5.92 Å². The number of rotatable bonds is 10. The van der Waals surface area contributed by atoms with Gasteiger partial charge in [0, 0.05) is 39.2 Å². The monoisotopic (exact) mass is 299 g/mol. The van der Waals surface area contributed by atoms with Crippen molar-refractivity contribution in [1.82, 2.24) is 10.2 Å². The van der Waals surface area contributed by atoms with E-state index >= 15 is 0 Å². The van der Waals surface area contributed by atoms with Crippen LogP contribution in [0.4, 0.5) is 0 Å². The zero-order valence-corrected chi connectivity index (χ0v) is 14.1. The quantitative estimate of drug-likeness (QED) is 0.381. The summed E-state index contributed by atoms with van der Waals surface area (Å²) in [5.41, 5.74) is 0. The second-order valence-electron chi connectivity index (χ2n) is 5.61. The topological polar surface area (TPSA) is 46.1 Å². The summed E-state index contributed by atoms with van der Waals surface area (Å²) in [6.07, 6.45) is 4.88. The van der Waals surface area contributed by atoms with E-state index in [2.05, 4.69) is 24.1 Å². The number of nitrogens with zero attached hydrogens (tertiary/aromatic N) is 2. The van der Waals surface area contributed by atoms with Gasteiger partial charge in [-0.05, 0) is 19.8 Å². The van der Waals surface area contributed by atoms with Crippen molar-refractivity contribution < 1.29 is 9.47 Å². The summed E-state index contributed by atoms with van der Waals surface area (Å²) in [4.78, 5) is 7.12. The molecule has 0 saturated carbocycles. The Bertz CT molecular complexity index is 285. The molecule has 0 aromatic heterocycles. The van der Waals surface area contributed by atoms with E-state index in [4.69, 9.17) is 14.5 Å². The van der Waals surface area contributed by atoms with Crippen LogP contribution < -0.4 is 5.32 Å². The van der Waals surface area contributed by atoms with Gasteiger partial charge in [-0.2, -0.15) is 0 Å². The lowest BCUT2D eigenvalue weighted by molar-refractivity contribution is 0.0536. The minimum Gasteiger partial charge on any atom is -0.382 e. The lowest BCUT2D eigenvalue weighted by atomic mass is 10.1. The standard InChI is InChI=1S/C16H33N3O2/c1-4-6-7-9-18-16(17-5-2)19-10-8-15(13-19)14-21-12-11-20-3/h15H,4-14H2,1-3H3,(H,17,18). The van der Waals surface area contributed by atoms with Crippen LogP contribution in [0.2, 0.25) is 0 Å². The van der Waals surface area contributed by atoms with Gasteiger partial charge in [-0.3, -0.25) is 4.99 Å². The zero-order chi connectivity index (χ0) is 15.3. The highest BCUT2D eigenvalue weighted by molar-refractivity contribution is 5.80. The molecular weight excluding hydrogens is 266 g/mol. The highest BCUT2D eigenvalue weighted by Gasteiger charge is 2.24. The number of hydrogen-bond acceptors (Lipinski definition) is 3. The summed E-state index contributed by atoms with van der Waals surface area (Å²) in [6, 6.07) is 0. The van der Waals surface area contributed by atoms with Crippen LogP contribution in [0.25, 0.3) is 0 Å². The van der Waals surface area contributed by atoms with Crippen molar-refractivity contribution in [2.45, 2.75) is 39.5 Å². The molecule has 21 heavy (non-hydrogen) atoms. The fraction of sp³-hybridized carbons (Fsp3) is 0.938. The first-order chi connectivity index (χ1) is 10.3. The van der Waals surface area contributed by atoms with E-state index < -0.39 is 0 Å². The first-order valence-corrected chi connectivity index (χ1v) is 8.41. The van der Waals surface area contributed by atoms with Crippen LogP contribution in [0.15, 0.2) is 4.99 Å². The van der Waals surface area contributed by atoms with Crippen LogP contribution in [0.1, 0.15) is 39.5 Å². The van der Waals surface area contributed by atoms with E-state index in [1.54, 1.807) is 7.11 Å². The van der Waals surface area contributed by atoms with Crippen molar-refractivity contribution in [2.75, 3.05) is 53.1 Å². The lowest BCUT2D eigenvalue weighted by Gasteiger charge is -2.21. The average Bonchev–Trinajstić information content (AvgIpc) is 2.96. The molecule has 1 atom stereocenters. The van der Waals surface area contributed by atoms with E-state index in [0.29, 0.717) is 19.1 Å². The highest BCUT2D eigenvalue weighted by atomic mass is 16.5. The molecule has 0 radical (unpaired) electrons. The molecule has 1 rings (SSSR count). The number of unbranched alkanes of at least 4 members (excludes halogenated alkanes) is 2.